The maximum absolute atomic E-state index is 12.9. The number of pyridine rings is 2. The number of aromatic nitrogens is 2. The lowest BCUT2D eigenvalue weighted by atomic mass is 9.91. The van der Waals surface area contributed by atoms with Gasteiger partial charge in [-0.15, -0.1) is 0 Å². The first kappa shape index (κ1) is 55.2. The summed E-state index contributed by atoms with van der Waals surface area (Å²) in [5, 5.41) is 13.2. The molecule has 404 valence electrons. The van der Waals surface area contributed by atoms with Gasteiger partial charge in [0.25, 0.3) is 6.47 Å². The van der Waals surface area contributed by atoms with Crippen LogP contribution in [0.5, 0.6) is 0 Å². The fraction of sp³-hybridized carbons (Fsp3) is 0.542. The smallest absolute Gasteiger partial charge is 0.321 e. The number of carbonyl (C=O) groups excluding carboxylic acids is 2. The zero-order chi connectivity index (χ0) is 52.8. The number of nitrogens with zero attached hydrogens (tertiary/aromatic N) is 8. The molecule has 5 saturated heterocycles. The fourth-order valence-electron chi connectivity index (χ4n) is 11.1. The van der Waals surface area contributed by atoms with Gasteiger partial charge in [0.1, 0.15) is 11.6 Å². The third kappa shape index (κ3) is 14.7. The summed E-state index contributed by atoms with van der Waals surface area (Å²) < 4.78 is 11.2. The number of ether oxygens (including phenoxy) is 2. The Balaban J connectivity index is 0.000000189. The third-order valence-corrected chi connectivity index (χ3v) is 16.1. The summed E-state index contributed by atoms with van der Waals surface area (Å²) in [6.45, 7) is 22.4. The van der Waals surface area contributed by atoms with Gasteiger partial charge in [-0.2, -0.15) is 0 Å². The lowest BCUT2D eigenvalue weighted by Crippen LogP contribution is -2.37. The van der Waals surface area contributed by atoms with E-state index >= 15 is 0 Å². The van der Waals surface area contributed by atoms with Crippen molar-refractivity contribution in [2.45, 2.75) is 78.6 Å². The molecular formula is C59H82N10O6. The lowest BCUT2D eigenvalue weighted by Gasteiger charge is -2.31. The quantitative estimate of drug-likeness (QED) is 0.129. The Morgan fingerprint density at radius 1 is 0.640 bits per heavy atom. The normalized spacial score (nSPS) is 20.6. The summed E-state index contributed by atoms with van der Waals surface area (Å²) in [7, 11) is 4.36. The second-order valence-corrected chi connectivity index (χ2v) is 21.3. The number of rotatable bonds is 10. The highest BCUT2D eigenvalue weighted by molar-refractivity contribution is 5.92. The van der Waals surface area contributed by atoms with Crippen LogP contribution in [0.25, 0.3) is 27.8 Å². The summed E-state index contributed by atoms with van der Waals surface area (Å²) >= 11 is 0. The van der Waals surface area contributed by atoms with Crippen molar-refractivity contribution in [2.24, 2.45) is 11.8 Å². The molecule has 0 bridgehead atoms. The van der Waals surface area contributed by atoms with Gasteiger partial charge in [-0.3, -0.25) is 4.79 Å². The lowest BCUT2D eigenvalue weighted by molar-refractivity contribution is -0.122. The molecule has 6 aliphatic heterocycles. The Kier molecular flexibility index (Phi) is 19.6. The van der Waals surface area contributed by atoms with Gasteiger partial charge in [-0.1, -0.05) is 44.9 Å². The van der Waals surface area contributed by atoms with Crippen molar-refractivity contribution in [1.29, 1.82) is 0 Å². The molecular weight excluding hydrogens is 945 g/mol. The van der Waals surface area contributed by atoms with Crippen molar-refractivity contribution in [1.82, 2.24) is 29.6 Å². The van der Waals surface area contributed by atoms with E-state index in [1.807, 2.05) is 21.9 Å². The average molecular weight is 1030 g/mol. The minimum Gasteiger partial charge on any atom is -0.483 e. The first-order valence-electron chi connectivity index (χ1n) is 27.6. The van der Waals surface area contributed by atoms with Crippen LogP contribution in [0.2, 0.25) is 0 Å². The molecule has 16 nitrogen and oxygen atoms in total. The van der Waals surface area contributed by atoms with Crippen molar-refractivity contribution in [2.75, 3.05) is 139 Å². The number of nitrogens with one attached hydrogen (secondary N) is 2. The van der Waals surface area contributed by atoms with E-state index in [2.05, 4.69) is 127 Å². The van der Waals surface area contributed by atoms with E-state index in [4.69, 9.17) is 29.3 Å². The van der Waals surface area contributed by atoms with Crippen molar-refractivity contribution in [3.05, 3.63) is 89.3 Å². The van der Waals surface area contributed by atoms with E-state index < -0.39 is 0 Å². The molecule has 4 amide bonds. The molecule has 5 fully saturated rings. The van der Waals surface area contributed by atoms with Crippen LogP contribution in [0.15, 0.2) is 66.7 Å². The van der Waals surface area contributed by atoms with Crippen LogP contribution in [0.1, 0.15) is 87.2 Å². The molecule has 2 aromatic carbocycles. The zero-order valence-electron chi connectivity index (χ0n) is 45.5. The highest BCUT2D eigenvalue weighted by atomic mass is 16.5. The predicted molar refractivity (Wildman–Crippen MR) is 301 cm³/mol. The van der Waals surface area contributed by atoms with Crippen LogP contribution >= 0.6 is 0 Å². The Hall–Kier alpha value is -6.07. The van der Waals surface area contributed by atoms with Crippen LogP contribution in [0.3, 0.4) is 0 Å². The number of amides is 4. The Morgan fingerprint density at radius 2 is 1.13 bits per heavy atom. The highest BCUT2D eigenvalue weighted by Crippen LogP contribution is 2.36. The van der Waals surface area contributed by atoms with E-state index in [0.717, 1.165) is 195 Å². The Bertz CT molecular complexity index is 2590. The van der Waals surface area contributed by atoms with Crippen molar-refractivity contribution >= 4 is 47.1 Å². The van der Waals surface area contributed by atoms with Crippen LogP contribution in [-0.4, -0.2) is 172 Å². The molecule has 8 heterocycles. The minimum atomic E-state index is -0.250. The summed E-state index contributed by atoms with van der Waals surface area (Å²) in [4.78, 5) is 57.8. The van der Waals surface area contributed by atoms with Gasteiger partial charge in [0.15, 0.2) is 0 Å². The first-order valence-corrected chi connectivity index (χ1v) is 27.6. The summed E-state index contributed by atoms with van der Waals surface area (Å²) in [5.41, 5.74) is 12.2. The standard InChI is InChI=1S/C29H41N5O2.C29H39N5O2.CH2O2/c2*1-4-22-7-12-34(20-22)29(35)30-25-6-5-21(2)26(19-25)24-17-27(23-8-10-32(3)11-9-23)31-28(18-24)33-13-15-36-16-14-33;2-1-3/h5-6,17-19,22-23H,4,7-16,20H2,1-3H3,(H,30,35);5-6,8,17-19,22H,4,7,9-16,20H2,1-3H3,(H,30,35);1H,(H,2,3)/t2*22-;/m11./s1. The molecule has 2 aromatic heterocycles. The molecule has 3 N–H and O–H groups in total. The molecule has 0 spiro atoms. The van der Waals surface area contributed by atoms with E-state index in [0.29, 0.717) is 17.8 Å². The third-order valence-electron chi connectivity index (χ3n) is 16.1. The van der Waals surface area contributed by atoms with E-state index in [1.54, 1.807) is 0 Å². The number of likely N-dealkylation sites (N-methyl/N-ethyl adjacent to an activating group) is 1. The van der Waals surface area contributed by atoms with Gasteiger partial charge in [0, 0.05) is 88.4 Å². The van der Waals surface area contributed by atoms with Crippen LogP contribution < -0.4 is 20.4 Å². The van der Waals surface area contributed by atoms with Gasteiger partial charge in [0.05, 0.1) is 32.1 Å². The monoisotopic (exact) mass is 1030 g/mol. The molecule has 10 rings (SSSR count). The van der Waals surface area contributed by atoms with Crippen LogP contribution in [0.4, 0.5) is 32.6 Å². The number of anilines is 4. The fourth-order valence-corrected chi connectivity index (χ4v) is 11.1. The van der Waals surface area contributed by atoms with E-state index in [1.165, 1.54) is 28.0 Å². The first-order chi connectivity index (χ1) is 36.4. The topological polar surface area (TPSA) is 159 Å². The minimum absolute atomic E-state index is 0.00153. The zero-order valence-corrected chi connectivity index (χ0v) is 45.5. The maximum Gasteiger partial charge on any atom is 0.321 e. The van der Waals surface area contributed by atoms with Crippen LogP contribution in [0, 0.1) is 25.7 Å². The number of hydrogen-bond donors (Lipinski definition) is 3. The Labute approximate surface area is 445 Å². The number of morpholine rings is 2. The van der Waals surface area contributed by atoms with Gasteiger partial charge in [-0.25, -0.2) is 19.6 Å². The molecule has 75 heavy (non-hydrogen) atoms. The average Bonchev–Trinajstić information content (AvgIpc) is 4.15. The maximum atomic E-state index is 12.9. The van der Waals surface area contributed by atoms with Crippen molar-refractivity contribution in [3.63, 3.8) is 0 Å². The number of urea groups is 2. The molecule has 4 aromatic rings. The predicted octanol–water partition coefficient (Wildman–Crippen LogP) is 9.54. The molecule has 16 heteroatoms. The van der Waals surface area contributed by atoms with Crippen molar-refractivity contribution < 1.29 is 29.0 Å². The van der Waals surface area contributed by atoms with Gasteiger partial charge in [-0.05, 0) is 172 Å². The second-order valence-electron chi connectivity index (χ2n) is 21.3. The number of benzene rings is 2. The van der Waals surface area contributed by atoms with Crippen molar-refractivity contribution in [3.8, 4) is 22.3 Å². The SMILES string of the molecule is CC[C@@H]1CCN(C(=O)Nc2ccc(C)c(-c3cc(C4=CCN(C)CC4)nc(N4CCOCC4)c3)c2)C1.CC[C@@H]1CCN(C(=O)Nc2ccc(C)c(-c3cc(C4CCN(C)CC4)nc(N4CCOCC4)c3)c2)C1.O=CO. The van der Waals surface area contributed by atoms with Gasteiger partial charge < -0.3 is 54.6 Å². The second kappa shape index (κ2) is 26.6. The largest absolute Gasteiger partial charge is 0.483 e. The van der Waals surface area contributed by atoms with Gasteiger partial charge in [0.2, 0.25) is 0 Å². The van der Waals surface area contributed by atoms with Gasteiger partial charge >= 0.3 is 12.1 Å². The summed E-state index contributed by atoms with van der Waals surface area (Å²) in [6.07, 6.45) is 10.0. The molecule has 0 saturated carbocycles. The number of piperidine rings is 1. The summed E-state index contributed by atoms with van der Waals surface area (Å²) in [6, 6.07) is 21.5. The number of carboxylic acid groups (broad SMARTS) is 1. The number of aryl methyl sites for hydroxylation is 2. The Morgan fingerprint density at radius 3 is 1.60 bits per heavy atom. The molecule has 0 radical (unpaired) electrons. The molecule has 0 unspecified atom stereocenters. The highest BCUT2D eigenvalue weighted by Gasteiger charge is 2.28. The van der Waals surface area contributed by atoms with E-state index in [9.17, 15) is 9.59 Å². The number of likely N-dealkylation sites (tertiary alicyclic amines) is 3. The molecule has 6 aliphatic rings. The number of carbonyl (C=O) groups is 3. The molecule has 2 atom stereocenters. The molecule has 0 aliphatic carbocycles. The van der Waals surface area contributed by atoms with Crippen LogP contribution in [-0.2, 0) is 14.3 Å². The number of hydrogen-bond acceptors (Lipinski definition) is 11. The van der Waals surface area contributed by atoms with E-state index in [-0.39, 0.29) is 18.5 Å². The summed E-state index contributed by atoms with van der Waals surface area (Å²) in [5.74, 6) is 3.76.